The van der Waals surface area contributed by atoms with Gasteiger partial charge in [-0.3, -0.25) is 4.79 Å². The van der Waals surface area contributed by atoms with Crippen LogP contribution in [-0.4, -0.2) is 28.9 Å². The van der Waals surface area contributed by atoms with Gasteiger partial charge in [0.05, 0.1) is 0 Å². The van der Waals surface area contributed by atoms with E-state index in [0.29, 0.717) is 11.1 Å². The summed E-state index contributed by atoms with van der Waals surface area (Å²) in [6.45, 7) is 9.40. The number of carbonyl (C=O) groups is 1. The van der Waals surface area contributed by atoms with Crippen LogP contribution in [0, 0.1) is 0 Å². The Hall–Kier alpha value is -1.61. The number of carbonyl (C=O) groups excluding carboxylic acids is 1. The average Bonchev–Trinajstić information content (AvgIpc) is 2.58. The molecular formula is C19H25ClN2O. The van der Waals surface area contributed by atoms with Crippen molar-refractivity contribution in [3.63, 3.8) is 0 Å². The molecule has 1 aliphatic rings. The lowest BCUT2D eigenvalue weighted by Crippen LogP contribution is -2.38. The zero-order valence-corrected chi connectivity index (χ0v) is 14.8. The quantitative estimate of drug-likeness (QED) is 0.451. The van der Waals surface area contributed by atoms with Crippen molar-refractivity contribution in [1.82, 2.24) is 9.88 Å². The van der Waals surface area contributed by atoms with Gasteiger partial charge in [-0.25, -0.2) is 4.98 Å². The molecule has 1 aromatic heterocycles. The van der Waals surface area contributed by atoms with E-state index in [2.05, 4.69) is 37.6 Å². The number of allylic oxidation sites excluding steroid dienone is 2. The normalized spacial score (nSPS) is 18.8. The highest BCUT2D eigenvalue weighted by molar-refractivity contribution is 6.29. The first-order chi connectivity index (χ1) is 11.0. The lowest BCUT2D eigenvalue weighted by atomic mass is 9.90. The number of likely N-dealkylation sites (tertiary alicyclic amines) is 1. The highest BCUT2D eigenvalue weighted by Crippen LogP contribution is 2.29. The molecular weight excluding hydrogens is 308 g/mol. The lowest BCUT2D eigenvalue weighted by Gasteiger charge is -2.32. The number of nitrogens with zero attached hydrogens (tertiary/aromatic N) is 2. The summed E-state index contributed by atoms with van der Waals surface area (Å²) in [7, 11) is 0. The van der Waals surface area contributed by atoms with E-state index < -0.39 is 0 Å². The smallest absolute Gasteiger partial charge is 0.245 e. The second kappa shape index (κ2) is 8.30. The van der Waals surface area contributed by atoms with Crippen LogP contribution in [0.25, 0.3) is 0 Å². The Morgan fingerprint density at radius 1 is 1.52 bits per heavy atom. The number of pyridine rings is 1. The molecule has 2 heterocycles. The molecule has 1 saturated heterocycles. The first kappa shape index (κ1) is 17.7. The third-order valence-electron chi connectivity index (χ3n) is 4.47. The van der Waals surface area contributed by atoms with Gasteiger partial charge >= 0.3 is 0 Å². The highest BCUT2D eigenvalue weighted by Gasteiger charge is 2.24. The summed E-state index contributed by atoms with van der Waals surface area (Å²) in [4.78, 5) is 18.2. The fourth-order valence-electron chi connectivity index (χ4n) is 2.92. The van der Waals surface area contributed by atoms with Crippen LogP contribution in [0.5, 0.6) is 0 Å². The summed E-state index contributed by atoms with van der Waals surface area (Å²) >= 11 is 6.22. The first-order valence-corrected chi connectivity index (χ1v) is 8.64. The van der Waals surface area contributed by atoms with Crippen molar-refractivity contribution in [3.05, 3.63) is 52.8 Å². The minimum Gasteiger partial charge on any atom is -0.339 e. The van der Waals surface area contributed by atoms with Gasteiger partial charge in [0.2, 0.25) is 5.91 Å². The molecule has 0 aromatic carbocycles. The number of rotatable bonds is 5. The Kier molecular flexibility index (Phi) is 6.40. The first-order valence-electron chi connectivity index (χ1n) is 8.26. The predicted molar refractivity (Wildman–Crippen MR) is 95.8 cm³/mol. The molecule has 0 bridgehead atoms. The summed E-state index contributed by atoms with van der Waals surface area (Å²) in [5, 5.41) is 0.534. The van der Waals surface area contributed by atoms with E-state index in [1.165, 1.54) is 17.2 Å². The lowest BCUT2D eigenvalue weighted by molar-refractivity contribution is -0.127. The third-order valence-corrected chi connectivity index (χ3v) is 4.66. The second-order valence-corrected chi connectivity index (χ2v) is 6.54. The molecule has 0 spiro atoms. The van der Waals surface area contributed by atoms with E-state index in [1.807, 2.05) is 11.0 Å². The van der Waals surface area contributed by atoms with Gasteiger partial charge in [0.1, 0.15) is 5.15 Å². The summed E-state index contributed by atoms with van der Waals surface area (Å²) in [6, 6.07) is 4.08. The van der Waals surface area contributed by atoms with Crippen molar-refractivity contribution >= 4 is 17.5 Å². The molecule has 1 atom stereocenters. The van der Waals surface area contributed by atoms with Gasteiger partial charge in [-0.15, -0.1) is 0 Å². The largest absolute Gasteiger partial charge is 0.339 e. The Morgan fingerprint density at radius 3 is 3.00 bits per heavy atom. The maximum Gasteiger partial charge on any atom is 0.245 e. The Balaban J connectivity index is 2.17. The fourth-order valence-corrected chi connectivity index (χ4v) is 3.15. The molecule has 0 aliphatic carbocycles. The zero-order valence-electron chi connectivity index (χ0n) is 14.0. The highest BCUT2D eigenvalue weighted by atomic mass is 35.5. The fraction of sp³-hybridized carbons (Fsp3) is 0.474. The molecule has 1 fully saturated rings. The van der Waals surface area contributed by atoms with Crippen molar-refractivity contribution in [3.8, 4) is 0 Å². The van der Waals surface area contributed by atoms with E-state index >= 15 is 0 Å². The number of hydrogen-bond donors (Lipinski definition) is 0. The van der Waals surface area contributed by atoms with Crippen LogP contribution in [0.1, 0.15) is 50.3 Å². The van der Waals surface area contributed by atoms with Crippen molar-refractivity contribution in [2.24, 2.45) is 0 Å². The summed E-state index contributed by atoms with van der Waals surface area (Å²) in [5.41, 5.74) is 3.53. The van der Waals surface area contributed by atoms with Gasteiger partial charge in [0, 0.05) is 31.1 Å². The van der Waals surface area contributed by atoms with Gasteiger partial charge in [0.25, 0.3) is 0 Å². The van der Waals surface area contributed by atoms with Gasteiger partial charge in [-0.1, -0.05) is 36.8 Å². The van der Waals surface area contributed by atoms with E-state index in [0.717, 1.165) is 44.5 Å². The Bertz CT molecular complexity index is 609. The number of hydrogen-bond acceptors (Lipinski definition) is 2. The van der Waals surface area contributed by atoms with E-state index in [-0.39, 0.29) is 5.91 Å². The molecule has 1 amide bonds. The van der Waals surface area contributed by atoms with Gasteiger partial charge in [0.15, 0.2) is 0 Å². The van der Waals surface area contributed by atoms with Crippen molar-refractivity contribution in [2.45, 2.75) is 45.4 Å². The third kappa shape index (κ3) is 4.93. The molecule has 2 rings (SSSR count). The molecule has 1 aliphatic heterocycles. The molecule has 0 N–H and O–H groups in total. The minimum absolute atomic E-state index is 0.0107. The van der Waals surface area contributed by atoms with Crippen molar-refractivity contribution < 1.29 is 4.79 Å². The van der Waals surface area contributed by atoms with Gasteiger partial charge in [-0.05, 0) is 50.0 Å². The molecule has 1 unspecified atom stereocenters. The average molecular weight is 333 g/mol. The van der Waals surface area contributed by atoms with Crippen LogP contribution in [-0.2, 0) is 11.2 Å². The number of halogens is 1. The Morgan fingerprint density at radius 2 is 2.30 bits per heavy atom. The summed E-state index contributed by atoms with van der Waals surface area (Å²) < 4.78 is 0. The molecule has 4 heteroatoms. The molecule has 23 heavy (non-hydrogen) atoms. The summed E-state index contributed by atoms with van der Waals surface area (Å²) in [5.74, 6) is 0.333. The number of aromatic nitrogens is 1. The topological polar surface area (TPSA) is 33.2 Å². The van der Waals surface area contributed by atoms with Gasteiger partial charge in [-0.2, -0.15) is 0 Å². The standard InChI is InChI=1S/C19H25ClN2O/c1-4-14(3)8-9-17-11-16(12-18(20)21-17)15-7-6-10-22(13-15)19(23)5-2/h5,8,11-12,15H,2,4,6-7,9-10,13H2,1,3H3/b14-8+. The van der Waals surface area contributed by atoms with Crippen LogP contribution in [0.2, 0.25) is 5.15 Å². The van der Waals surface area contributed by atoms with Crippen LogP contribution >= 0.6 is 11.6 Å². The second-order valence-electron chi connectivity index (χ2n) is 6.15. The minimum atomic E-state index is 0.0107. The van der Waals surface area contributed by atoms with Crippen LogP contribution in [0.4, 0.5) is 0 Å². The SMILES string of the molecule is C=CC(=O)N1CCCC(c2cc(Cl)nc(C/C=C(\C)CC)c2)C1. The number of amides is 1. The van der Waals surface area contributed by atoms with Gasteiger partial charge < -0.3 is 4.90 Å². The predicted octanol–water partition coefficient (Wildman–Crippen LogP) is 4.53. The van der Waals surface area contributed by atoms with Crippen molar-refractivity contribution in [2.75, 3.05) is 13.1 Å². The maximum absolute atomic E-state index is 11.8. The monoisotopic (exact) mass is 332 g/mol. The molecule has 3 nitrogen and oxygen atoms in total. The van der Waals surface area contributed by atoms with Crippen molar-refractivity contribution in [1.29, 1.82) is 0 Å². The van der Waals surface area contributed by atoms with Crippen LogP contribution < -0.4 is 0 Å². The molecule has 124 valence electrons. The van der Waals surface area contributed by atoms with E-state index in [9.17, 15) is 4.79 Å². The maximum atomic E-state index is 11.8. The van der Waals surface area contributed by atoms with E-state index in [4.69, 9.17) is 11.6 Å². The summed E-state index contributed by atoms with van der Waals surface area (Å²) in [6.07, 6.45) is 7.53. The van der Waals surface area contributed by atoms with Crippen LogP contribution in [0.15, 0.2) is 36.4 Å². The Labute approximate surface area is 144 Å². The number of piperidine rings is 1. The van der Waals surface area contributed by atoms with E-state index in [1.54, 1.807) is 0 Å². The molecule has 0 saturated carbocycles. The molecule has 0 radical (unpaired) electrons. The zero-order chi connectivity index (χ0) is 16.8. The van der Waals surface area contributed by atoms with Crippen LogP contribution in [0.3, 0.4) is 0 Å². The molecule has 1 aromatic rings.